The molecule has 8 heteroatoms. The zero-order valence-corrected chi connectivity index (χ0v) is 16.3. The summed E-state index contributed by atoms with van der Waals surface area (Å²) in [4.78, 5) is 24.5. The molecule has 2 aromatic rings. The van der Waals surface area contributed by atoms with Crippen LogP contribution in [0.4, 0.5) is 5.69 Å². The van der Waals surface area contributed by atoms with Gasteiger partial charge >= 0.3 is 0 Å². The molecule has 0 aromatic heterocycles. The van der Waals surface area contributed by atoms with Crippen LogP contribution in [0.3, 0.4) is 0 Å². The highest BCUT2D eigenvalue weighted by atomic mass is 35.5. The van der Waals surface area contributed by atoms with E-state index in [1.54, 1.807) is 25.1 Å². The van der Waals surface area contributed by atoms with Crippen LogP contribution in [0.5, 0.6) is 17.2 Å². The molecule has 0 saturated heterocycles. The van der Waals surface area contributed by atoms with Gasteiger partial charge in [-0.1, -0.05) is 17.7 Å². The molecule has 0 fully saturated rings. The lowest BCUT2D eigenvalue weighted by Gasteiger charge is -2.14. The molecule has 0 aliphatic rings. The highest BCUT2D eigenvalue weighted by Crippen LogP contribution is 2.38. The number of methoxy groups -OCH3 is 3. The topological polar surface area (TPSA) is 85.9 Å². The van der Waals surface area contributed by atoms with Gasteiger partial charge in [0.25, 0.3) is 5.91 Å². The molecule has 0 heterocycles. The zero-order chi connectivity index (χ0) is 20.0. The second kappa shape index (κ2) is 9.14. The fraction of sp³-hybridized carbons (Fsp3) is 0.263. The minimum atomic E-state index is -0.452. The summed E-state index contributed by atoms with van der Waals surface area (Å²) in [6.07, 6.45) is 0. The number of carbonyl (C=O) groups excluding carboxylic acids is 2. The highest BCUT2D eigenvalue weighted by Gasteiger charge is 2.17. The van der Waals surface area contributed by atoms with E-state index in [2.05, 4.69) is 10.6 Å². The van der Waals surface area contributed by atoms with Crippen LogP contribution in [0.25, 0.3) is 0 Å². The average molecular weight is 393 g/mol. The van der Waals surface area contributed by atoms with Crippen molar-refractivity contribution in [2.45, 2.75) is 6.92 Å². The fourth-order valence-electron chi connectivity index (χ4n) is 2.41. The molecule has 0 saturated carbocycles. The van der Waals surface area contributed by atoms with Crippen LogP contribution >= 0.6 is 11.6 Å². The first kappa shape index (κ1) is 20.4. The maximum atomic E-state index is 12.4. The van der Waals surface area contributed by atoms with Crippen LogP contribution in [-0.4, -0.2) is 39.7 Å². The van der Waals surface area contributed by atoms with Gasteiger partial charge < -0.3 is 24.8 Å². The van der Waals surface area contributed by atoms with Crippen molar-refractivity contribution in [3.8, 4) is 17.2 Å². The monoisotopic (exact) mass is 392 g/mol. The lowest BCUT2D eigenvalue weighted by molar-refractivity contribution is -0.115. The van der Waals surface area contributed by atoms with Crippen molar-refractivity contribution in [3.63, 3.8) is 0 Å². The van der Waals surface area contributed by atoms with E-state index in [0.29, 0.717) is 28.0 Å². The molecule has 2 amide bonds. The summed E-state index contributed by atoms with van der Waals surface area (Å²) in [5, 5.41) is 5.82. The summed E-state index contributed by atoms with van der Waals surface area (Å²) < 4.78 is 15.7. The molecule has 0 aliphatic heterocycles. The van der Waals surface area contributed by atoms with Gasteiger partial charge in [-0.15, -0.1) is 0 Å². The summed E-state index contributed by atoms with van der Waals surface area (Å²) in [5.74, 6) is 0.251. The van der Waals surface area contributed by atoms with Crippen LogP contribution < -0.4 is 24.8 Å². The number of hydrogen-bond acceptors (Lipinski definition) is 5. The second-order valence-corrected chi connectivity index (χ2v) is 5.96. The molecule has 0 aliphatic carbocycles. The van der Waals surface area contributed by atoms with Crippen molar-refractivity contribution in [1.82, 2.24) is 5.32 Å². The SMILES string of the molecule is COc1cc(C(=O)NCC(=O)Nc2cccc(Cl)c2C)cc(OC)c1OC. The molecule has 0 spiro atoms. The number of hydrogen-bond donors (Lipinski definition) is 2. The third-order valence-electron chi connectivity index (χ3n) is 3.88. The normalized spacial score (nSPS) is 10.1. The van der Waals surface area contributed by atoms with Crippen molar-refractivity contribution < 1.29 is 23.8 Å². The van der Waals surface area contributed by atoms with E-state index >= 15 is 0 Å². The van der Waals surface area contributed by atoms with Gasteiger partial charge in [0.15, 0.2) is 11.5 Å². The quantitative estimate of drug-likeness (QED) is 0.756. The molecule has 0 radical (unpaired) electrons. The van der Waals surface area contributed by atoms with Crippen LogP contribution in [0, 0.1) is 6.92 Å². The van der Waals surface area contributed by atoms with Crippen LogP contribution in [0.15, 0.2) is 30.3 Å². The van der Waals surface area contributed by atoms with Crippen molar-refractivity contribution in [3.05, 3.63) is 46.5 Å². The van der Waals surface area contributed by atoms with Gasteiger partial charge in [0.2, 0.25) is 11.7 Å². The molecule has 0 bridgehead atoms. The summed E-state index contributed by atoms with van der Waals surface area (Å²) in [6.45, 7) is 1.59. The first-order valence-corrected chi connectivity index (χ1v) is 8.42. The Balaban J connectivity index is 2.07. The van der Waals surface area contributed by atoms with E-state index < -0.39 is 5.91 Å². The predicted molar refractivity (Wildman–Crippen MR) is 103 cm³/mol. The number of anilines is 1. The fourth-order valence-corrected chi connectivity index (χ4v) is 2.59. The molecule has 2 N–H and O–H groups in total. The Morgan fingerprint density at radius 1 is 1.04 bits per heavy atom. The maximum absolute atomic E-state index is 12.4. The van der Waals surface area contributed by atoms with Gasteiger partial charge in [0.1, 0.15) is 0 Å². The van der Waals surface area contributed by atoms with E-state index in [1.807, 2.05) is 0 Å². The summed E-state index contributed by atoms with van der Waals surface area (Å²) in [6, 6.07) is 8.23. The van der Waals surface area contributed by atoms with E-state index in [1.165, 1.54) is 33.5 Å². The number of benzene rings is 2. The van der Waals surface area contributed by atoms with Crippen LogP contribution in [0.1, 0.15) is 15.9 Å². The van der Waals surface area contributed by atoms with Gasteiger partial charge in [-0.3, -0.25) is 9.59 Å². The summed E-state index contributed by atoms with van der Waals surface area (Å²) in [7, 11) is 4.39. The molecular weight excluding hydrogens is 372 g/mol. The van der Waals surface area contributed by atoms with Gasteiger partial charge in [0, 0.05) is 16.3 Å². The second-order valence-electron chi connectivity index (χ2n) is 5.56. The third-order valence-corrected chi connectivity index (χ3v) is 4.29. The van der Waals surface area contributed by atoms with Crippen molar-refractivity contribution >= 4 is 29.1 Å². The molecule has 144 valence electrons. The Bertz CT molecular complexity index is 829. The Morgan fingerprint density at radius 3 is 2.22 bits per heavy atom. The minimum Gasteiger partial charge on any atom is -0.493 e. The van der Waals surface area contributed by atoms with E-state index in [9.17, 15) is 9.59 Å². The first-order valence-electron chi connectivity index (χ1n) is 8.04. The van der Waals surface area contributed by atoms with Crippen molar-refractivity contribution in [2.24, 2.45) is 0 Å². The maximum Gasteiger partial charge on any atom is 0.251 e. The number of ether oxygens (including phenoxy) is 3. The van der Waals surface area contributed by atoms with Crippen LogP contribution in [0.2, 0.25) is 5.02 Å². The number of rotatable bonds is 7. The number of carbonyl (C=O) groups is 2. The van der Waals surface area contributed by atoms with Gasteiger partial charge in [-0.2, -0.15) is 0 Å². The highest BCUT2D eigenvalue weighted by molar-refractivity contribution is 6.31. The molecule has 2 rings (SSSR count). The Labute approximate surface area is 162 Å². The molecule has 7 nitrogen and oxygen atoms in total. The molecule has 27 heavy (non-hydrogen) atoms. The summed E-state index contributed by atoms with van der Waals surface area (Å²) in [5.41, 5.74) is 1.62. The Hall–Kier alpha value is -2.93. The molecule has 0 unspecified atom stereocenters. The zero-order valence-electron chi connectivity index (χ0n) is 15.5. The predicted octanol–water partition coefficient (Wildman–Crippen LogP) is 3.04. The van der Waals surface area contributed by atoms with Crippen LogP contribution in [-0.2, 0) is 4.79 Å². The smallest absolute Gasteiger partial charge is 0.251 e. The first-order chi connectivity index (χ1) is 12.9. The third kappa shape index (κ3) is 4.83. The van der Waals surface area contributed by atoms with Gasteiger partial charge in [0.05, 0.1) is 27.9 Å². The van der Waals surface area contributed by atoms with E-state index in [0.717, 1.165) is 5.56 Å². The number of amides is 2. The molecular formula is C19H21ClN2O5. The minimum absolute atomic E-state index is 0.207. The average Bonchev–Trinajstić information content (AvgIpc) is 2.68. The number of halogens is 1. The Kier molecular flexibility index (Phi) is 6.90. The molecule has 0 atom stereocenters. The van der Waals surface area contributed by atoms with Gasteiger partial charge in [-0.25, -0.2) is 0 Å². The van der Waals surface area contributed by atoms with E-state index in [-0.39, 0.29) is 18.0 Å². The summed E-state index contributed by atoms with van der Waals surface area (Å²) >= 11 is 6.03. The van der Waals surface area contributed by atoms with E-state index in [4.69, 9.17) is 25.8 Å². The standard InChI is InChI=1S/C19H21ClN2O5/c1-11-13(20)6-5-7-14(11)22-17(23)10-21-19(24)12-8-15(25-2)18(27-4)16(9-12)26-3/h5-9H,10H2,1-4H3,(H,21,24)(H,22,23). The van der Waals surface area contributed by atoms with Crippen molar-refractivity contribution in [1.29, 1.82) is 0 Å². The van der Waals surface area contributed by atoms with Gasteiger partial charge in [-0.05, 0) is 36.8 Å². The van der Waals surface area contributed by atoms with Crippen molar-refractivity contribution in [2.75, 3.05) is 33.2 Å². The molecule has 2 aromatic carbocycles. The largest absolute Gasteiger partial charge is 0.493 e. The lowest BCUT2D eigenvalue weighted by Crippen LogP contribution is -2.33. The lowest BCUT2D eigenvalue weighted by atomic mass is 10.1. The Morgan fingerprint density at radius 2 is 1.67 bits per heavy atom. The number of nitrogens with one attached hydrogen (secondary N) is 2.